The van der Waals surface area contributed by atoms with Crippen LogP contribution in [0.3, 0.4) is 0 Å². The Bertz CT molecular complexity index is 489. The van der Waals surface area contributed by atoms with Crippen molar-refractivity contribution < 1.29 is 14.3 Å². The highest BCUT2D eigenvalue weighted by molar-refractivity contribution is 5.95. The summed E-state index contributed by atoms with van der Waals surface area (Å²) in [6.07, 6.45) is 1.70. The van der Waals surface area contributed by atoms with Crippen LogP contribution in [0.2, 0.25) is 0 Å². The fourth-order valence-electron chi connectivity index (χ4n) is 1.55. The molecule has 4 N–H and O–H groups in total. The maximum Gasteiger partial charge on any atom is 0.340 e. The van der Waals surface area contributed by atoms with Crippen molar-refractivity contribution >= 4 is 23.4 Å². The van der Waals surface area contributed by atoms with Crippen molar-refractivity contribution in [2.75, 3.05) is 24.7 Å². The lowest BCUT2D eigenvalue weighted by molar-refractivity contribution is -0.121. The van der Waals surface area contributed by atoms with Crippen molar-refractivity contribution in [3.63, 3.8) is 0 Å². The Labute approximate surface area is 117 Å². The first-order valence-electron chi connectivity index (χ1n) is 6.31. The maximum absolute atomic E-state index is 11.5. The van der Waals surface area contributed by atoms with Crippen LogP contribution in [0.15, 0.2) is 12.3 Å². The minimum absolute atomic E-state index is 0.0452. The number of ether oxygens (including phenoxy) is 1. The van der Waals surface area contributed by atoms with Crippen LogP contribution >= 0.6 is 0 Å². The molecule has 0 aliphatic heterocycles. The molecular formula is C13H20N4O3. The summed E-state index contributed by atoms with van der Waals surface area (Å²) in [6, 6.07) is 1.62. The first-order valence-corrected chi connectivity index (χ1v) is 6.31. The summed E-state index contributed by atoms with van der Waals surface area (Å²) >= 11 is 0. The van der Waals surface area contributed by atoms with Crippen LogP contribution in [0, 0.1) is 0 Å². The Hall–Kier alpha value is -2.31. The predicted molar refractivity (Wildman–Crippen MR) is 76.4 cm³/mol. The molecule has 0 fully saturated rings. The Kier molecular flexibility index (Phi) is 5.76. The van der Waals surface area contributed by atoms with E-state index in [1.807, 2.05) is 13.8 Å². The minimum Gasteiger partial charge on any atom is -0.465 e. The molecule has 0 aliphatic carbocycles. The molecule has 1 aromatic rings. The minimum atomic E-state index is -0.523. The average Bonchev–Trinajstić information content (AvgIpc) is 2.39. The second kappa shape index (κ2) is 7.32. The largest absolute Gasteiger partial charge is 0.465 e. The van der Waals surface area contributed by atoms with Gasteiger partial charge in [-0.1, -0.05) is 0 Å². The van der Waals surface area contributed by atoms with Crippen molar-refractivity contribution in [1.82, 2.24) is 10.3 Å². The highest BCUT2D eigenvalue weighted by Crippen LogP contribution is 2.15. The van der Waals surface area contributed by atoms with Crippen LogP contribution in [-0.2, 0) is 9.53 Å². The van der Waals surface area contributed by atoms with E-state index in [9.17, 15) is 9.59 Å². The van der Waals surface area contributed by atoms with Gasteiger partial charge in [0.2, 0.25) is 5.91 Å². The number of nitrogens with one attached hydrogen (secondary N) is 2. The second-order valence-corrected chi connectivity index (χ2v) is 4.55. The summed E-state index contributed by atoms with van der Waals surface area (Å²) in [5.74, 6) is -0.0985. The number of anilines is 2. The molecule has 7 nitrogen and oxygen atoms in total. The lowest BCUT2D eigenvalue weighted by Gasteiger charge is -2.10. The molecule has 1 rings (SSSR count). The Morgan fingerprint density at radius 2 is 2.15 bits per heavy atom. The van der Waals surface area contributed by atoms with Crippen molar-refractivity contribution in [2.24, 2.45) is 0 Å². The molecule has 0 spiro atoms. The molecule has 0 bridgehead atoms. The molecule has 0 saturated carbocycles. The van der Waals surface area contributed by atoms with Crippen molar-refractivity contribution in [2.45, 2.75) is 26.3 Å². The summed E-state index contributed by atoms with van der Waals surface area (Å²) < 4.78 is 4.62. The third-order valence-corrected chi connectivity index (χ3v) is 2.45. The smallest absolute Gasteiger partial charge is 0.340 e. The van der Waals surface area contributed by atoms with E-state index < -0.39 is 5.97 Å². The van der Waals surface area contributed by atoms with Gasteiger partial charge in [0.05, 0.1) is 24.6 Å². The topological polar surface area (TPSA) is 106 Å². The van der Waals surface area contributed by atoms with E-state index in [-0.39, 0.29) is 23.2 Å². The predicted octanol–water partition coefficient (Wildman–Crippen LogP) is 0.777. The SMILES string of the molecule is COC(=O)c1cc(NCCC(=O)NC(C)C)ncc1N. The van der Waals surface area contributed by atoms with Gasteiger partial charge in [0.25, 0.3) is 0 Å². The number of pyridine rings is 1. The normalized spacial score (nSPS) is 10.2. The van der Waals surface area contributed by atoms with E-state index in [2.05, 4.69) is 20.4 Å². The number of carbonyl (C=O) groups excluding carboxylic acids is 2. The zero-order valence-electron chi connectivity index (χ0n) is 11.9. The van der Waals surface area contributed by atoms with Gasteiger partial charge < -0.3 is 21.1 Å². The lowest BCUT2D eigenvalue weighted by atomic mass is 10.2. The Morgan fingerprint density at radius 3 is 2.75 bits per heavy atom. The van der Waals surface area contributed by atoms with Crippen LogP contribution in [0.5, 0.6) is 0 Å². The summed E-state index contributed by atoms with van der Waals surface area (Å²) in [6.45, 7) is 4.21. The molecule has 1 amide bonds. The van der Waals surface area contributed by atoms with E-state index in [1.54, 1.807) is 0 Å². The van der Waals surface area contributed by atoms with Gasteiger partial charge in [-0.05, 0) is 19.9 Å². The summed E-state index contributed by atoms with van der Waals surface area (Å²) in [5.41, 5.74) is 6.14. The molecular weight excluding hydrogens is 260 g/mol. The van der Waals surface area contributed by atoms with Gasteiger partial charge in [-0.3, -0.25) is 4.79 Å². The molecule has 0 radical (unpaired) electrons. The third kappa shape index (κ3) is 4.75. The van der Waals surface area contributed by atoms with Gasteiger partial charge in [0.1, 0.15) is 5.82 Å². The molecule has 0 unspecified atom stereocenters. The molecule has 0 atom stereocenters. The average molecular weight is 280 g/mol. The van der Waals surface area contributed by atoms with E-state index in [4.69, 9.17) is 5.73 Å². The van der Waals surface area contributed by atoms with Gasteiger partial charge >= 0.3 is 5.97 Å². The van der Waals surface area contributed by atoms with Crippen LogP contribution < -0.4 is 16.4 Å². The van der Waals surface area contributed by atoms with Gasteiger partial charge in [0.15, 0.2) is 0 Å². The molecule has 7 heteroatoms. The third-order valence-electron chi connectivity index (χ3n) is 2.45. The van der Waals surface area contributed by atoms with Gasteiger partial charge in [-0.25, -0.2) is 9.78 Å². The van der Waals surface area contributed by atoms with E-state index in [0.29, 0.717) is 18.8 Å². The highest BCUT2D eigenvalue weighted by Gasteiger charge is 2.11. The number of nitrogens with two attached hydrogens (primary N) is 1. The fraction of sp³-hybridized carbons (Fsp3) is 0.462. The number of amides is 1. The maximum atomic E-state index is 11.5. The Morgan fingerprint density at radius 1 is 1.45 bits per heavy atom. The first kappa shape index (κ1) is 15.7. The Balaban J connectivity index is 2.57. The zero-order valence-corrected chi connectivity index (χ0v) is 11.9. The van der Waals surface area contributed by atoms with Crippen LogP contribution in [0.4, 0.5) is 11.5 Å². The number of hydrogen-bond acceptors (Lipinski definition) is 6. The number of esters is 1. The molecule has 0 saturated heterocycles. The number of methoxy groups -OCH3 is 1. The van der Waals surface area contributed by atoms with Gasteiger partial charge in [-0.15, -0.1) is 0 Å². The standard InChI is InChI=1S/C13H20N4O3/c1-8(2)17-12(18)4-5-15-11-6-9(13(19)20-3)10(14)7-16-11/h6-8H,4-5,14H2,1-3H3,(H,15,16)(H,17,18). The highest BCUT2D eigenvalue weighted by atomic mass is 16.5. The van der Waals surface area contributed by atoms with Crippen LogP contribution in [0.25, 0.3) is 0 Å². The summed E-state index contributed by atoms with van der Waals surface area (Å²) in [4.78, 5) is 27.0. The fourth-order valence-corrected chi connectivity index (χ4v) is 1.55. The number of carbonyl (C=O) groups is 2. The van der Waals surface area contributed by atoms with Crippen LogP contribution in [0.1, 0.15) is 30.6 Å². The molecule has 1 heterocycles. The number of nitrogens with zero attached hydrogens (tertiary/aromatic N) is 1. The lowest BCUT2D eigenvalue weighted by Crippen LogP contribution is -2.31. The molecule has 0 aromatic carbocycles. The number of hydrogen-bond donors (Lipinski definition) is 3. The van der Waals surface area contributed by atoms with Gasteiger partial charge in [0, 0.05) is 19.0 Å². The molecule has 0 aliphatic rings. The summed E-state index contributed by atoms with van der Waals surface area (Å²) in [7, 11) is 1.28. The summed E-state index contributed by atoms with van der Waals surface area (Å²) in [5, 5.41) is 5.74. The quantitative estimate of drug-likeness (QED) is 0.665. The molecule has 110 valence electrons. The number of rotatable bonds is 6. The van der Waals surface area contributed by atoms with Crippen molar-refractivity contribution in [3.05, 3.63) is 17.8 Å². The molecule has 20 heavy (non-hydrogen) atoms. The first-order chi connectivity index (χ1) is 9.43. The number of nitrogen functional groups attached to an aromatic ring is 1. The van der Waals surface area contributed by atoms with Gasteiger partial charge in [-0.2, -0.15) is 0 Å². The number of aromatic nitrogens is 1. The zero-order chi connectivity index (χ0) is 15.1. The van der Waals surface area contributed by atoms with E-state index in [1.165, 1.54) is 19.4 Å². The van der Waals surface area contributed by atoms with E-state index in [0.717, 1.165) is 0 Å². The second-order valence-electron chi connectivity index (χ2n) is 4.55. The molecule has 1 aromatic heterocycles. The van der Waals surface area contributed by atoms with Crippen LogP contribution in [-0.4, -0.2) is 36.6 Å². The van der Waals surface area contributed by atoms with Crippen molar-refractivity contribution in [1.29, 1.82) is 0 Å². The van der Waals surface area contributed by atoms with E-state index >= 15 is 0 Å². The monoisotopic (exact) mass is 280 g/mol. The van der Waals surface area contributed by atoms with Crippen molar-refractivity contribution in [3.8, 4) is 0 Å².